The van der Waals surface area contributed by atoms with Gasteiger partial charge in [-0.15, -0.1) is 0 Å². The van der Waals surface area contributed by atoms with E-state index in [0.29, 0.717) is 0 Å². The standard InChI is InChI=1S/C7H13Br.Mg.2H/c8-6-7-4-2-1-3-5-7;;;/h7H,1-6H2;;;. The zero-order valence-corrected chi connectivity index (χ0v) is 6.78. The van der Waals surface area contributed by atoms with E-state index >= 15 is 0 Å². The van der Waals surface area contributed by atoms with E-state index in [1.54, 1.807) is 0 Å². The van der Waals surface area contributed by atoms with Crippen LogP contribution < -0.4 is 0 Å². The minimum Gasteiger partial charge on any atom is -0.0925 e. The van der Waals surface area contributed by atoms with Gasteiger partial charge in [-0.1, -0.05) is 35.2 Å². The molecule has 0 aromatic carbocycles. The summed E-state index contributed by atoms with van der Waals surface area (Å²) in [5.41, 5.74) is 0. The quantitative estimate of drug-likeness (QED) is 0.452. The van der Waals surface area contributed by atoms with Gasteiger partial charge in [-0.3, -0.25) is 0 Å². The molecule has 52 valence electrons. The molecule has 0 unspecified atom stereocenters. The molecule has 0 saturated heterocycles. The van der Waals surface area contributed by atoms with E-state index in [-0.39, 0.29) is 23.1 Å². The lowest BCUT2D eigenvalue weighted by Crippen LogP contribution is -2.06. The summed E-state index contributed by atoms with van der Waals surface area (Å²) >= 11 is 3.51. The fraction of sp³-hybridized carbons (Fsp3) is 1.00. The number of halogens is 1. The molecule has 0 aromatic rings. The Morgan fingerprint density at radius 2 is 1.67 bits per heavy atom. The molecule has 1 aliphatic carbocycles. The van der Waals surface area contributed by atoms with Crippen molar-refractivity contribution in [1.29, 1.82) is 0 Å². The van der Waals surface area contributed by atoms with E-state index < -0.39 is 0 Å². The van der Waals surface area contributed by atoms with Crippen LogP contribution >= 0.6 is 15.9 Å². The molecule has 0 bridgehead atoms. The summed E-state index contributed by atoms with van der Waals surface area (Å²) in [5.74, 6) is 1.00. The molecular formula is C7H15BrMg. The van der Waals surface area contributed by atoms with Gasteiger partial charge in [0.15, 0.2) is 0 Å². The zero-order valence-electron chi connectivity index (χ0n) is 5.20. The van der Waals surface area contributed by atoms with Crippen LogP contribution in [0.4, 0.5) is 0 Å². The van der Waals surface area contributed by atoms with Crippen LogP contribution in [0.5, 0.6) is 0 Å². The summed E-state index contributed by atoms with van der Waals surface area (Å²) in [6.07, 6.45) is 7.34. The van der Waals surface area contributed by atoms with Crippen molar-refractivity contribution in [1.82, 2.24) is 0 Å². The summed E-state index contributed by atoms with van der Waals surface area (Å²) in [6, 6.07) is 0. The van der Waals surface area contributed by atoms with Gasteiger partial charge < -0.3 is 0 Å². The molecule has 0 atom stereocenters. The Kier molecular flexibility index (Phi) is 6.82. The van der Waals surface area contributed by atoms with E-state index in [0.717, 1.165) is 5.92 Å². The van der Waals surface area contributed by atoms with Gasteiger partial charge in [-0.05, 0) is 18.8 Å². The van der Waals surface area contributed by atoms with Crippen molar-refractivity contribution in [2.45, 2.75) is 32.1 Å². The Balaban J connectivity index is 0.000000640. The van der Waals surface area contributed by atoms with Crippen LogP contribution in [0.3, 0.4) is 0 Å². The third-order valence-corrected chi connectivity index (χ3v) is 2.86. The van der Waals surface area contributed by atoms with Crippen LogP contribution in [-0.2, 0) is 0 Å². The topological polar surface area (TPSA) is 0 Å². The molecule has 1 saturated carbocycles. The van der Waals surface area contributed by atoms with Gasteiger partial charge in [-0.2, -0.15) is 0 Å². The molecule has 0 aromatic heterocycles. The summed E-state index contributed by atoms with van der Waals surface area (Å²) < 4.78 is 0. The third-order valence-electron chi connectivity index (χ3n) is 1.94. The van der Waals surface area contributed by atoms with E-state index in [9.17, 15) is 0 Å². The van der Waals surface area contributed by atoms with Crippen molar-refractivity contribution in [2.75, 3.05) is 5.33 Å². The van der Waals surface area contributed by atoms with Gasteiger partial charge in [0.25, 0.3) is 0 Å². The molecule has 1 rings (SSSR count). The van der Waals surface area contributed by atoms with Gasteiger partial charge in [0.2, 0.25) is 0 Å². The van der Waals surface area contributed by atoms with Crippen molar-refractivity contribution in [3.63, 3.8) is 0 Å². The van der Waals surface area contributed by atoms with Gasteiger partial charge in [0.05, 0.1) is 0 Å². The predicted molar refractivity (Wildman–Crippen MR) is 48.9 cm³/mol. The molecular weight excluding hydrogens is 188 g/mol. The molecule has 9 heavy (non-hydrogen) atoms. The minimum absolute atomic E-state index is 0. The molecule has 0 radical (unpaired) electrons. The lowest BCUT2D eigenvalue weighted by Gasteiger charge is -2.18. The minimum atomic E-state index is 0. The molecule has 0 spiro atoms. The summed E-state index contributed by atoms with van der Waals surface area (Å²) in [5, 5.41) is 1.23. The smallest absolute Gasteiger partial charge is 0.0925 e. The summed E-state index contributed by atoms with van der Waals surface area (Å²) in [6.45, 7) is 0. The number of hydrogen-bond donors (Lipinski definition) is 0. The largest absolute Gasteiger partial charge is 0.316 e. The summed E-state index contributed by atoms with van der Waals surface area (Å²) in [4.78, 5) is 0. The average Bonchev–Trinajstić information content (AvgIpc) is 1.90. The van der Waals surface area contributed by atoms with E-state index in [4.69, 9.17) is 0 Å². The molecule has 1 fully saturated rings. The normalized spacial score (nSPS) is 21.0. The highest BCUT2D eigenvalue weighted by molar-refractivity contribution is 9.09. The lowest BCUT2D eigenvalue weighted by molar-refractivity contribution is 0.392. The zero-order chi connectivity index (χ0) is 5.82. The van der Waals surface area contributed by atoms with Crippen molar-refractivity contribution in [3.05, 3.63) is 0 Å². The van der Waals surface area contributed by atoms with Gasteiger partial charge in [0.1, 0.15) is 0 Å². The molecule has 0 heterocycles. The Labute approximate surface area is 82.1 Å². The van der Waals surface area contributed by atoms with Crippen molar-refractivity contribution < 1.29 is 0 Å². The van der Waals surface area contributed by atoms with E-state index in [1.165, 1.54) is 37.4 Å². The van der Waals surface area contributed by atoms with Crippen LogP contribution in [0, 0.1) is 5.92 Å². The monoisotopic (exact) mass is 202 g/mol. The molecule has 0 amide bonds. The van der Waals surface area contributed by atoms with Crippen LogP contribution in [-0.4, -0.2) is 28.4 Å². The van der Waals surface area contributed by atoms with Crippen LogP contribution in [0.1, 0.15) is 32.1 Å². The van der Waals surface area contributed by atoms with Crippen LogP contribution in [0.2, 0.25) is 0 Å². The predicted octanol–water partition coefficient (Wildman–Crippen LogP) is 2.05. The first-order valence-corrected chi connectivity index (χ1v) is 4.61. The maximum absolute atomic E-state index is 3.51. The second-order valence-electron chi connectivity index (χ2n) is 2.66. The highest BCUT2D eigenvalue weighted by atomic mass is 79.9. The second kappa shape index (κ2) is 5.99. The molecule has 2 heteroatoms. The fourth-order valence-electron chi connectivity index (χ4n) is 1.34. The molecule has 1 aliphatic rings. The number of rotatable bonds is 1. The Hall–Kier alpha value is 1.25. The van der Waals surface area contributed by atoms with Gasteiger partial charge in [0, 0.05) is 5.33 Å². The Morgan fingerprint density at radius 1 is 1.11 bits per heavy atom. The Bertz CT molecular complexity index is 59.9. The van der Waals surface area contributed by atoms with Crippen LogP contribution in [0.25, 0.3) is 0 Å². The lowest BCUT2D eigenvalue weighted by atomic mass is 9.91. The first-order valence-electron chi connectivity index (χ1n) is 3.49. The highest BCUT2D eigenvalue weighted by Crippen LogP contribution is 2.24. The van der Waals surface area contributed by atoms with Crippen molar-refractivity contribution in [3.8, 4) is 0 Å². The van der Waals surface area contributed by atoms with E-state index in [2.05, 4.69) is 15.9 Å². The molecule has 0 aliphatic heterocycles. The third kappa shape index (κ3) is 3.84. The average molecular weight is 203 g/mol. The first-order chi connectivity index (χ1) is 3.93. The maximum atomic E-state index is 3.51. The molecule has 0 N–H and O–H groups in total. The number of alkyl halides is 1. The van der Waals surface area contributed by atoms with Gasteiger partial charge >= 0.3 is 23.1 Å². The number of hydrogen-bond acceptors (Lipinski definition) is 0. The van der Waals surface area contributed by atoms with E-state index in [1.807, 2.05) is 0 Å². The summed E-state index contributed by atoms with van der Waals surface area (Å²) in [7, 11) is 0. The molecule has 0 nitrogen and oxygen atoms in total. The second-order valence-corrected chi connectivity index (χ2v) is 3.31. The van der Waals surface area contributed by atoms with Crippen LogP contribution in [0.15, 0.2) is 0 Å². The van der Waals surface area contributed by atoms with Gasteiger partial charge in [-0.25, -0.2) is 0 Å². The maximum Gasteiger partial charge on any atom is 0.316 e. The SMILES string of the molecule is BrCC1CCCCC1.[MgH2]. The highest BCUT2D eigenvalue weighted by Gasteiger charge is 2.10. The Morgan fingerprint density at radius 3 is 2.00 bits per heavy atom. The van der Waals surface area contributed by atoms with Crippen molar-refractivity contribution in [2.24, 2.45) is 5.92 Å². The first kappa shape index (κ1) is 10.2. The fourth-order valence-corrected chi connectivity index (χ4v) is 1.99. The van der Waals surface area contributed by atoms with Crippen molar-refractivity contribution >= 4 is 39.0 Å².